The van der Waals surface area contributed by atoms with E-state index < -0.39 is 10.0 Å². The smallest absolute Gasteiger partial charge is 0.269 e. The summed E-state index contributed by atoms with van der Waals surface area (Å²) < 4.78 is 26.3. The highest BCUT2D eigenvalue weighted by Crippen LogP contribution is 2.27. The number of hydrogen-bond acceptors (Lipinski definition) is 4. The van der Waals surface area contributed by atoms with Crippen LogP contribution in [0.2, 0.25) is 0 Å². The van der Waals surface area contributed by atoms with Crippen molar-refractivity contribution in [2.75, 3.05) is 11.4 Å². The average Bonchev–Trinajstić information content (AvgIpc) is 2.85. The van der Waals surface area contributed by atoms with Crippen LogP contribution in [0, 0.1) is 18.3 Å². The van der Waals surface area contributed by atoms with Gasteiger partial charge >= 0.3 is 0 Å². The van der Waals surface area contributed by atoms with Crippen molar-refractivity contribution in [3.8, 4) is 6.07 Å². The second kappa shape index (κ2) is 5.03. The van der Waals surface area contributed by atoms with Gasteiger partial charge in [0.25, 0.3) is 10.0 Å². The van der Waals surface area contributed by atoms with E-state index in [2.05, 4.69) is 0 Å². The fourth-order valence-electron chi connectivity index (χ4n) is 1.60. The van der Waals surface area contributed by atoms with Crippen molar-refractivity contribution in [3.63, 3.8) is 0 Å². The van der Waals surface area contributed by atoms with Gasteiger partial charge in [-0.2, -0.15) is 5.26 Å². The van der Waals surface area contributed by atoms with Crippen LogP contribution in [0.4, 0.5) is 5.69 Å². The van der Waals surface area contributed by atoms with Crippen molar-refractivity contribution >= 4 is 27.0 Å². The number of nitriles is 1. The molecular formula is C13H12N2O2S2. The summed E-state index contributed by atoms with van der Waals surface area (Å²) in [5.74, 6) is 0. The van der Waals surface area contributed by atoms with Crippen molar-refractivity contribution in [1.82, 2.24) is 0 Å². The Balaban J connectivity index is 2.43. The molecule has 0 saturated carbocycles. The highest BCUT2D eigenvalue weighted by molar-refractivity contribution is 7.94. The van der Waals surface area contributed by atoms with Gasteiger partial charge < -0.3 is 0 Å². The molecule has 0 spiro atoms. The standard InChI is InChI=1S/C13H12N2O2S2/c1-10-6-7-13(18-10)19(16,17)15(2)12-5-3-4-11(8-12)9-14/h3-8H,1-2H3. The first kappa shape index (κ1) is 13.6. The minimum atomic E-state index is -3.55. The molecule has 19 heavy (non-hydrogen) atoms. The van der Waals surface area contributed by atoms with Crippen LogP contribution in [0.15, 0.2) is 40.6 Å². The molecule has 0 fully saturated rings. The van der Waals surface area contributed by atoms with Gasteiger partial charge in [0.1, 0.15) is 4.21 Å². The first-order valence-electron chi connectivity index (χ1n) is 5.50. The first-order valence-corrected chi connectivity index (χ1v) is 7.76. The Morgan fingerprint density at radius 1 is 1.26 bits per heavy atom. The molecule has 2 rings (SSSR count). The van der Waals surface area contributed by atoms with Gasteiger partial charge in [-0.3, -0.25) is 4.31 Å². The quantitative estimate of drug-likeness (QED) is 0.874. The Morgan fingerprint density at radius 3 is 2.58 bits per heavy atom. The molecule has 0 bridgehead atoms. The lowest BCUT2D eigenvalue weighted by molar-refractivity contribution is 0.596. The van der Waals surface area contributed by atoms with Crippen molar-refractivity contribution in [2.24, 2.45) is 0 Å². The number of nitrogens with zero attached hydrogens (tertiary/aromatic N) is 2. The Hall–Kier alpha value is -1.84. The molecule has 1 aromatic carbocycles. The van der Waals surface area contributed by atoms with Crippen LogP contribution in [0.1, 0.15) is 10.4 Å². The first-order chi connectivity index (χ1) is 8.95. The number of anilines is 1. The third kappa shape index (κ3) is 2.62. The molecule has 0 amide bonds. The molecule has 0 aliphatic carbocycles. The largest absolute Gasteiger partial charge is 0.273 e. The van der Waals surface area contributed by atoms with Gasteiger partial charge in [-0.05, 0) is 37.3 Å². The summed E-state index contributed by atoms with van der Waals surface area (Å²) in [5, 5.41) is 8.85. The lowest BCUT2D eigenvalue weighted by atomic mass is 10.2. The zero-order valence-electron chi connectivity index (χ0n) is 10.5. The van der Waals surface area contributed by atoms with Gasteiger partial charge in [0.2, 0.25) is 0 Å². The van der Waals surface area contributed by atoms with E-state index in [1.165, 1.54) is 22.7 Å². The third-order valence-corrected chi connectivity index (χ3v) is 5.92. The summed E-state index contributed by atoms with van der Waals surface area (Å²) in [7, 11) is -2.07. The Labute approximate surface area is 116 Å². The average molecular weight is 292 g/mol. The maximum absolute atomic E-state index is 12.4. The van der Waals surface area contributed by atoms with E-state index in [0.717, 1.165) is 4.88 Å². The van der Waals surface area contributed by atoms with E-state index in [1.807, 2.05) is 13.0 Å². The molecule has 0 N–H and O–H groups in total. The molecule has 0 radical (unpaired) electrons. The van der Waals surface area contributed by atoms with Crippen LogP contribution in [0.5, 0.6) is 0 Å². The number of sulfonamides is 1. The molecule has 0 atom stereocenters. The molecule has 1 aromatic heterocycles. The molecule has 2 aromatic rings. The predicted octanol–water partition coefficient (Wildman–Crippen LogP) is 2.75. The third-order valence-electron chi connectivity index (χ3n) is 2.67. The van der Waals surface area contributed by atoms with Crippen LogP contribution in [-0.2, 0) is 10.0 Å². The molecule has 0 unspecified atom stereocenters. The Bertz CT molecular complexity index is 742. The normalized spacial score (nSPS) is 11.0. The van der Waals surface area contributed by atoms with E-state index in [-0.39, 0.29) is 0 Å². The molecule has 0 saturated heterocycles. The summed E-state index contributed by atoms with van der Waals surface area (Å²) in [5.41, 5.74) is 0.909. The monoisotopic (exact) mass is 292 g/mol. The van der Waals surface area contributed by atoms with Crippen LogP contribution < -0.4 is 4.31 Å². The van der Waals surface area contributed by atoms with Crippen LogP contribution in [-0.4, -0.2) is 15.5 Å². The van der Waals surface area contributed by atoms with Gasteiger partial charge in [0.15, 0.2) is 0 Å². The number of benzene rings is 1. The van der Waals surface area contributed by atoms with E-state index in [9.17, 15) is 8.42 Å². The van der Waals surface area contributed by atoms with Gasteiger partial charge in [-0.1, -0.05) is 6.07 Å². The maximum atomic E-state index is 12.4. The van der Waals surface area contributed by atoms with E-state index in [1.54, 1.807) is 36.4 Å². The van der Waals surface area contributed by atoms with Gasteiger partial charge in [0, 0.05) is 11.9 Å². The number of aryl methyl sites for hydroxylation is 1. The number of rotatable bonds is 3. The van der Waals surface area contributed by atoms with Crippen LogP contribution in [0.25, 0.3) is 0 Å². The summed E-state index contributed by atoms with van der Waals surface area (Å²) >= 11 is 1.23. The summed E-state index contributed by atoms with van der Waals surface area (Å²) in [6, 6.07) is 11.9. The van der Waals surface area contributed by atoms with Gasteiger partial charge in [0.05, 0.1) is 17.3 Å². The second-order valence-electron chi connectivity index (χ2n) is 4.00. The predicted molar refractivity (Wildman–Crippen MR) is 75.8 cm³/mol. The minimum Gasteiger partial charge on any atom is -0.269 e. The van der Waals surface area contributed by atoms with E-state index in [4.69, 9.17) is 5.26 Å². The molecule has 1 heterocycles. The maximum Gasteiger partial charge on any atom is 0.273 e. The SMILES string of the molecule is Cc1ccc(S(=O)(=O)N(C)c2cccc(C#N)c2)s1. The van der Waals surface area contributed by atoms with Crippen molar-refractivity contribution in [2.45, 2.75) is 11.1 Å². The van der Waals surface area contributed by atoms with Crippen LogP contribution in [0.3, 0.4) is 0 Å². The molecule has 4 nitrogen and oxygen atoms in total. The Kier molecular flexibility index (Phi) is 3.60. The highest BCUT2D eigenvalue weighted by atomic mass is 32.2. The van der Waals surface area contributed by atoms with E-state index in [0.29, 0.717) is 15.5 Å². The van der Waals surface area contributed by atoms with Gasteiger partial charge in [-0.25, -0.2) is 8.42 Å². The molecule has 0 aliphatic rings. The zero-order chi connectivity index (χ0) is 14.0. The number of thiophene rings is 1. The van der Waals surface area contributed by atoms with Crippen molar-refractivity contribution in [1.29, 1.82) is 5.26 Å². The minimum absolute atomic E-state index is 0.301. The van der Waals surface area contributed by atoms with Crippen molar-refractivity contribution in [3.05, 3.63) is 46.8 Å². The van der Waals surface area contributed by atoms with E-state index >= 15 is 0 Å². The molecule has 98 valence electrons. The van der Waals surface area contributed by atoms with Crippen molar-refractivity contribution < 1.29 is 8.42 Å². The zero-order valence-corrected chi connectivity index (χ0v) is 12.1. The Morgan fingerprint density at radius 2 is 2.00 bits per heavy atom. The topological polar surface area (TPSA) is 61.2 Å². The lowest BCUT2D eigenvalue weighted by Crippen LogP contribution is -2.25. The lowest BCUT2D eigenvalue weighted by Gasteiger charge is -2.18. The molecule has 6 heteroatoms. The fourth-order valence-corrected chi connectivity index (χ4v) is 4.24. The summed E-state index contributed by atoms with van der Waals surface area (Å²) in [6.07, 6.45) is 0. The number of hydrogen-bond donors (Lipinski definition) is 0. The molecule has 0 aliphatic heterocycles. The summed E-state index contributed by atoms with van der Waals surface area (Å²) in [6.45, 7) is 1.86. The molecular weight excluding hydrogens is 280 g/mol. The van der Waals surface area contributed by atoms with Gasteiger partial charge in [-0.15, -0.1) is 11.3 Å². The summed E-state index contributed by atoms with van der Waals surface area (Å²) in [4.78, 5) is 0.942. The fraction of sp³-hybridized carbons (Fsp3) is 0.154. The highest BCUT2D eigenvalue weighted by Gasteiger charge is 2.22. The van der Waals surface area contributed by atoms with Crippen LogP contribution >= 0.6 is 11.3 Å². The second-order valence-corrected chi connectivity index (χ2v) is 7.48.